The Morgan fingerprint density at radius 1 is 1.18 bits per heavy atom. The van der Waals surface area contributed by atoms with Gasteiger partial charge < -0.3 is 4.74 Å². The van der Waals surface area contributed by atoms with Crippen molar-refractivity contribution in [2.24, 2.45) is 5.92 Å². The van der Waals surface area contributed by atoms with Crippen molar-refractivity contribution in [3.05, 3.63) is 42.0 Å². The van der Waals surface area contributed by atoms with Gasteiger partial charge >= 0.3 is 0 Å². The number of fused-ring (bicyclic) bond motifs is 1. The third-order valence-electron chi connectivity index (χ3n) is 5.74. The number of alkyl halides is 2. The summed E-state index contributed by atoms with van der Waals surface area (Å²) in [7, 11) is 1.63. The molecule has 2 aromatic carbocycles. The van der Waals surface area contributed by atoms with E-state index in [0.29, 0.717) is 12.1 Å². The van der Waals surface area contributed by atoms with Crippen molar-refractivity contribution in [3.63, 3.8) is 0 Å². The monoisotopic (exact) mass is 386 g/mol. The number of hydrogen-bond donors (Lipinski definition) is 0. The number of nitrogens with zero attached hydrogens (tertiary/aromatic N) is 2. The molecule has 2 fully saturated rings. The van der Waals surface area contributed by atoms with E-state index in [1.54, 1.807) is 7.11 Å². The van der Waals surface area contributed by atoms with E-state index in [-0.39, 0.29) is 30.6 Å². The van der Waals surface area contributed by atoms with Crippen LogP contribution in [0.1, 0.15) is 36.0 Å². The minimum atomic E-state index is -2.51. The minimum absolute atomic E-state index is 0.0638. The molecule has 4 rings (SSSR count). The molecule has 0 spiro atoms. The van der Waals surface area contributed by atoms with E-state index < -0.39 is 5.92 Å². The molecular formula is C22H24F2N2O2. The minimum Gasteiger partial charge on any atom is -0.497 e. The summed E-state index contributed by atoms with van der Waals surface area (Å²) in [5.74, 6) is -1.70. The second-order valence-electron chi connectivity index (χ2n) is 7.54. The third kappa shape index (κ3) is 4.15. The summed E-state index contributed by atoms with van der Waals surface area (Å²) in [6, 6.07) is 11.4. The number of benzene rings is 2. The predicted molar refractivity (Wildman–Crippen MR) is 104 cm³/mol. The van der Waals surface area contributed by atoms with Gasteiger partial charge in [-0.2, -0.15) is 0 Å². The molecule has 2 aromatic rings. The highest BCUT2D eigenvalue weighted by atomic mass is 19.3. The normalized spacial score (nSPS) is 22.0. The van der Waals surface area contributed by atoms with E-state index in [0.717, 1.165) is 35.9 Å². The number of likely N-dealkylation sites (tertiary alicyclic amines) is 1. The van der Waals surface area contributed by atoms with Gasteiger partial charge in [0.1, 0.15) is 5.75 Å². The molecule has 1 saturated heterocycles. The van der Waals surface area contributed by atoms with Crippen molar-refractivity contribution in [2.75, 3.05) is 20.2 Å². The number of hydrogen-bond acceptors (Lipinski definition) is 4. The van der Waals surface area contributed by atoms with Gasteiger partial charge in [0.15, 0.2) is 5.78 Å². The van der Waals surface area contributed by atoms with Crippen LogP contribution in [0, 0.1) is 17.8 Å². The maximum absolute atomic E-state index is 13.2. The van der Waals surface area contributed by atoms with Crippen LogP contribution >= 0.6 is 0 Å². The zero-order valence-electron chi connectivity index (χ0n) is 15.9. The number of rotatable bonds is 4. The Bertz CT molecular complexity index is 873. The first-order valence-electron chi connectivity index (χ1n) is 9.45. The predicted octanol–water partition coefficient (Wildman–Crippen LogP) is 4.68. The second-order valence-corrected chi connectivity index (χ2v) is 7.54. The van der Waals surface area contributed by atoms with Gasteiger partial charge in [-0.3, -0.25) is 9.69 Å². The quantitative estimate of drug-likeness (QED) is 0.716. The number of ether oxygens (including phenoxy) is 1. The molecule has 2 aliphatic rings. The van der Waals surface area contributed by atoms with E-state index in [2.05, 4.69) is 11.5 Å². The Labute approximate surface area is 163 Å². The smallest absolute Gasteiger partial charge is 0.251 e. The van der Waals surface area contributed by atoms with Gasteiger partial charge in [0.25, 0.3) is 5.92 Å². The summed E-state index contributed by atoms with van der Waals surface area (Å²) >= 11 is 0. The van der Waals surface area contributed by atoms with Crippen molar-refractivity contribution in [1.82, 2.24) is 4.90 Å². The van der Waals surface area contributed by atoms with E-state index in [1.165, 1.54) is 0 Å². The van der Waals surface area contributed by atoms with Crippen LogP contribution in [0.25, 0.3) is 10.8 Å². The third-order valence-corrected chi connectivity index (χ3v) is 5.74. The summed E-state index contributed by atoms with van der Waals surface area (Å²) < 4.78 is 31.6. The number of halogens is 2. The van der Waals surface area contributed by atoms with Crippen LogP contribution in [-0.2, 0) is 0 Å². The lowest BCUT2D eigenvalue weighted by Crippen LogP contribution is -2.54. The molecule has 1 unspecified atom stereocenters. The number of nitriles is 1. The van der Waals surface area contributed by atoms with Gasteiger partial charge in [0, 0.05) is 43.5 Å². The summed E-state index contributed by atoms with van der Waals surface area (Å²) in [5, 5.41) is 8.53. The van der Waals surface area contributed by atoms with Gasteiger partial charge in [0.05, 0.1) is 7.11 Å². The van der Waals surface area contributed by atoms with Crippen LogP contribution in [0.3, 0.4) is 0 Å². The zero-order chi connectivity index (χ0) is 20.3. The van der Waals surface area contributed by atoms with E-state index >= 15 is 0 Å². The number of methoxy groups -OCH3 is 1. The number of Topliss-reactive ketones (excluding diaryl/α,β-unsaturated/α-hetero) is 1. The molecule has 28 heavy (non-hydrogen) atoms. The SMILES string of the molecule is C#N.COc1ccc2cc(C(=O)C3CCCN(C4CC(F)(F)C4)C3)ccc2c1. The standard InChI is InChI=1S/C21H23F2NO2.CHN/c1-26-19-7-6-14-9-16(5-4-15(14)10-19)20(25)17-3-2-8-24(13-17)18-11-21(22,23)12-18;1-2/h4-7,9-10,17-18H,2-3,8,11-13H2,1H3;1H. The van der Waals surface area contributed by atoms with Crippen LogP contribution < -0.4 is 4.74 Å². The maximum Gasteiger partial charge on any atom is 0.251 e. The number of ketones is 1. The molecule has 1 atom stereocenters. The van der Waals surface area contributed by atoms with Crippen molar-refractivity contribution < 1.29 is 18.3 Å². The molecule has 4 nitrogen and oxygen atoms in total. The lowest BCUT2D eigenvalue weighted by Gasteiger charge is -2.45. The molecule has 1 saturated carbocycles. The molecule has 0 bridgehead atoms. The number of carbonyl (C=O) groups excluding carboxylic acids is 1. The molecular weight excluding hydrogens is 362 g/mol. The number of carbonyl (C=O) groups is 1. The van der Waals surface area contributed by atoms with Crippen molar-refractivity contribution >= 4 is 16.6 Å². The molecule has 0 amide bonds. The Morgan fingerprint density at radius 2 is 1.86 bits per heavy atom. The Hall–Kier alpha value is -2.52. The lowest BCUT2D eigenvalue weighted by atomic mass is 9.83. The van der Waals surface area contributed by atoms with E-state index in [4.69, 9.17) is 10.00 Å². The summed E-state index contributed by atoms with van der Waals surface area (Å²) in [4.78, 5) is 15.1. The van der Waals surface area contributed by atoms with E-state index in [9.17, 15) is 13.6 Å². The fourth-order valence-electron chi connectivity index (χ4n) is 4.18. The highest BCUT2D eigenvalue weighted by Crippen LogP contribution is 2.41. The average Bonchev–Trinajstić information content (AvgIpc) is 2.72. The Kier molecular flexibility index (Phi) is 5.95. The molecule has 1 heterocycles. The zero-order valence-corrected chi connectivity index (χ0v) is 15.9. The highest BCUT2D eigenvalue weighted by Gasteiger charge is 2.48. The van der Waals surface area contributed by atoms with E-state index in [1.807, 2.05) is 36.4 Å². The average molecular weight is 386 g/mol. The van der Waals surface area contributed by atoms with Gasteiger partial charge in [-0.25, -0.2) is 14.0 Å². The van der Waals surface area contributed by atoms with Gasteiger partial charge in [-0.1, -0.05) is 18.2 Å². The summed E-state index contributed by atoms with van der Waals surface area (Å²) in [6.07, 6.45) is 1.60. The fourth-order valence-corrected chi connectivity index (χ4v) is 4.18. The van der Waals surface area contributed by atoms with Crippen LogP contribution in [0.2, 0.25) is 0 Å². The van der Waals surface area contributed by atoms with Crippen LogP contribution in [-0.4, -0.2) is 42.8 Å². The Morgan fingerprint density at radius 3 is 2.54 bits per heavy atom. The van der Waals surface area contributed by atoms with Crippen molar-refractivity contribution in [3.8, 4) is 12.3 Å². The summed E-state index contributed by atoms with van der Waals surface area (Å²) in [5.41, 5.74) is 0.702. The van der Waals surface area contributed by atoms with Gasteiger partial charge in [0.2, 0.25) is 0 Å². The first-order chi connectivity index (χ1) is 13.4. The maximum atomic E-state index is 13.2. The first kappa shape index (κ1) is 20.2. The summed E-state index contributed by atoms with van der Waals surface area (Å²) in [6.45, 7) is 4.92. The van der Waals surface area contributed by atoms with Crippen LogP contribution in [0.5, 0.6) is 5.75 Å². The lowest BCUT2D eigenvalue weighted by molar-refractivity contribution is -0.128. The molecule has 0 radical (unpaired) electrons. The van der Waals surface area contributed by atoms with Gasteiger partial charge in [-0.15, -0.1) is 0 Å². The number of piperidine rings is 1. The second kappa shape index (κ2) is 8.24. The molecule has 6 heteroatoms. The molecule has 0 N–H and O–H groups in total. The largest absolute Gasteiger partial charge is 0.497 e. The highest BCUT2D eigenvalue weighted by molar-refractivity contribution is 6.01. The Balaban J connectivity index is 0.00000109. The van der Waals surface area contributed by atoms with Crippen molar-refractivity contribution in [2.45, 2.75) is 37.6 Å². The topological polar surface area (TPSA) is 53.3 Å². The molecule has 0 aromatic heterocycles. The van der Waals surface area contributed by atoms with Gasteiger partial charge in [-0.05, 0) is 48.4 Å². The van der Waals surface area contributed by atoms with Crippen LogP contribution in [0.15, 0.2) is 36.4 Å². The van der Waals surface area contributed by atoms with Crippen molar-refractivity contribution in [1.29, 1.82) is 5.26 Å². The molecule has 1 aliphatic carbocycles. The molecule has 148 valence electrons. The van der Waals surface area contributed by atoms with Crippen LogP contribution in [0.4, 0.5) is 8.78 Å². The molecule has 1 aliphatic heterocycles. The fraction of sp³-hybridized carbons (Fsp3) is 0.455. The first-order valence-corrected chi connectivity index (χ1v) is 9.45.